The highest BCUT2D eigenvalue weighted by atomic mass is 19.4. The molecule has 0 atom stereocenters. The summed E-state index contributed by atoms with van der Waals surface area (Å²) in [6.45, 7) is 4.24. The van der Waals surface area contributed by atoms with Gasteiger partial charge in [-0.1, -0.05) is 26.0 Å². The van der Waals surface area contributed by atoms with Crippen LogP contribution in [0.3, 0.4) is 0 Å². The van der Waals surface area contributed by atoms with E-state index in [-0.39, 0.29) is 5.41 Å². The van der Waals surface area contributed by atoms with Crippen molar-refractivity contribution in [3.05, 3.63) is 46.8 Å². The fourth-order valence-corrected chi connectivity index (χ4v) is 3.23. The van der Waals surface area contributed by atoms with Gasteiger partial charge in [0, 0.05) is 18.9 Å². The molecule has 0 bridgehead atoms. The predicted molar refractivity (Wildman–Crippen MR) is 84.0 cm³/mol. The number of amides is 1. The lowest BCUT2D eigenvalue weighted by atomic mass is 9.86. The van der Waals surface area contributed by atoms with Crippen LogP contribution in [-0.4, -0.2) is 15.7 Å². The number of rotatable bonds is 2. The Hall–Kier alpha value is -2.31. The van der Waals surface area contributed by atoms with Gasteiger partial charge in [0.25, 0.3) is 5.91 Å². The highest BCUT2D eigenvalue weighted by molar-refractivity contribution is 6.05. The van der Waals surface area contributed by atoms with Crippen LogP contribution in [0.25, 0.3) is 0 Å². The lowest BCUT2D eigenvalue weighted by Crippen LogP contribution is -2.18. The molecule has 1 amide bonds. The van der Waals surface area contributed by atoms with Crippen molar-refractivity contribution in [2.45, 2.75) is 38.3 Å². The second kappa shape index (κ2) is 5.36. The minimum atomic E-state index is -4.67. The van der Waals surface area contributed by atoms with Crippen molar-refractivity contribution in [2.75, 3.05) is 5.32 Å². The summed E-state index contributed by atoms with van der Waals surface area (Å²) in [5.74, 6) is -0.798. The molecule has 0 aliphatic heterocycles. The molecule has 1 aliphatic carbocycles. The Kier molecular flexibility index (Phi) is 3.69. The molecule has 0 saturated carbocycles. The summed E-state index contributed by atoms with van der Waals surface area (Å²) in [4.78, 5) is 12.4. The van der Waals surface area contributed by atoms with E-state index in [1.54, 1.807) is 6.07 Å². The Bertz CT molecular complexity index is 806. The van der Waals surface area contributed by atoms with Crippen LogP contribution >= 0.6 is 0 Å². The van der Waals surface area contributed by atoms with Crippen molar-refractivity contribution in [3.8, 4) is 0 Å². The number of carbonyl (C=O) groups is 1. The lowest BCUT2D eigenvalue weighted by Gasteiger charge is -2.19. The molecule has 0 unspecified atom stereocenters. The molecule has 1 N–H and O–H groups in total. The first kappa shape index (κ1) is 16.5. The Balaban J connectivity index is 1.95. The van der Waals surface area contributed by atoms with Gasteiger partial charge in [-0.25, -0.2) is 0 Å². The molecule has 2 aromatic rings. The summed E-state index contributed by atoms with van der Waals surface area (Å²) in [6, 6.07) is 5.54. The smallest absolute Gasteiger partial charge is 0.322 e. The van der Waals surface area contributed by atoms with E-state index in [1.807, 2.05) is 12.1 Å². The molecule has 1 aliphatic rings. The van der Waals surface area contributed by atoms with Crippen LogP contribution in [0.1, 0.15) is 47.4 Å². The third kappa shape index (κ3) is 2.79. The maximum Gasteiger partial charge on any atom is 0.435 e. The summed E-state index contributed by atoms with van der Waals surface area (Å²) in [7, 11) is 1.36. The molecule has 0 saturated heterocycles. The van der Waals surface area contributed by atoms with E-state index >= 15 is 0 Å². The molecule has 3 rings (SSSR count). The van der Waals surface area contributed by atoms with Crippen molar-refractivity contribution in [1.29, 1.82) is 0 Å². The van der Waals surface area contributed by atoms with Gasteiger partial charge in [0.1, 0.15) is 0 Å². The summed E-state index contributed by atoms with van der Waals surface area (Å²) in [5.41, 5.74) is 1.05. The van der Waals surface area contributed by atoms with Crippen LogP contribution in [0, 0.1) is 0 Å². The van der Waals surface area contributed by atoms with E-state index in [9.17, 15) is 18.0 Å². The van der Waals surface area contributed by atoms with Gasteiger partial charge in [-0.3, -0.25) is 9.48 Å². The van der Waals surface area contributed by atoms with Gasteiger partial charge in [-0.15, -0.1) is 0 Å². The fraction of sp³-hybridized carbons (Fsp3) is 0.412. The number of aromatic nitrogens is 2. The first-order valence-electron chi connectivity index (χ1n) is 7.64. The monoisotopic (exact) mass is 337 g/mol. The van der Waals surface area contributed by atoms with Gasteiger partial charge < -0.3 is 5.32 Å². The Labute approximate surface area is 137 Å². The summed E-state index contributed by atoms with van der Waals surface area (Å²) in [5, 5.41) is 6.00. The highest BCUT2D eigenvalue weighted by Crippen LogP contribution is 2.41. The second-order valence-electron chi connectivity index (χ2n) is 6.73. The largest absolute Gasteiger partial charge is 0.435 e. The van der Waals surface area contributed by atoms with Crippen LogP contribution in [0.5, 0.6) is 0 Å². The third-order valence-corrected chi connectivity index (χ3v) is 4.50. The van der Waals surface area contributed by atoms with Crippen LogP contribution in [-0.2, 0) is 25.1 Å². The summed E-state index contributed by atoms with van der Waals surface area (Å²) >= 11 is 0. The zero-order valence-corrected chi connectivity index (χ0v) is 13.7. The summed E-state index contributed by atoms with van der Waals surface area (Å²) in [6.07, 6.45) is -1.85. The van der Waals surface area contributed by atoms with E-state index in [0.29, 0.717) is 5.69 Å². The topological polar surface area (TPSA) is 46.9 Å². The predicted octanol–water partition coefficient (Wildman–Crippen LogP) is 3.92. The number of aryl methyl sites for hydroxylation is 1. The standard InChI is InChI=1S/C17H18F3N3O/c1-16(2)8-7-10-12(16)5-4-6-13(10)21-15(24)11-9-23(3)22-14(11)17(18,19)20/h4-6,9H,7-8H2,1-3H3,(H,21,24). The molecule has 1 aromatic heterocycles. The molecule has 4 nitrogen and oxygen atoms in total. The van der Waals surface area contributed by atoms with Crippen LogP contribution < -0.4 is 5.32 Å². The van der Waals surface area contributed by atoms with E-state index in [0.717, 1.165) is 34.8 Å². The molecular formula is C17H18F3N3O. The number of alkyl halides is 3. The van der Waals surface area contributed by atoms with E-state index in [1.165, 1.54) is 7.05 Å². The maximum atomic E-state index is 13.0. The van der Waals surface area contributed by atoms with Crippen LogP contribution in [0.4, 0.5) is 18.9 Å². The van der Waals surface area contributed by atoms with Gasteiger partial charge in [0.2, 0.25) is 0 Å². The number of nitrogens with zero attached hydrogens (tertiary/aromatic N) is 2. The van der Waals surface area contributed by atoms with E-state index in [2.05, 4.69) is 24.3 Å². The molecular weight excluding hydrogens is 319 g/mol. The average molecular weight is 337 g/mol. The minimum Gasteiger partial charge on any atom is -0.322 e. The normalized spacial score (nSPS) is 16.1. The lowest BCUT2D eigenvalue weighted by molar-refractivity contribution is -0.141. The zero-order chi connectivity index (χ0) is 17.7. The maximum absolute atomic E-state index is 13.0. The first-order chi connectivity index (χ1) is 11.1. The number of anilines is 1. The van der Waals surface area contributed by atoms with Crippen molar-refractivity contribution >= 4 is 11.6 Å². The highest BCUT2D eigenvalue weighted by Gasteiger charge is 2.39. The first-order valence-corrected chi connectivity index (χ1v) is 7.64. The molecule has 7 heteroatoms. The SMILES string of the molecule is Cn1cc(C(=O)Nc2cccc3c2CCC3(C)C)c(C(F)(F)F)n1. The van der Waals surface area contributed by atoms with Crippen LogP contribution in [0.2, 0.25) is 0 Å². The van der Waals surface area contributed by atoms with Gasteiger partial charge >= 0.3 is 6.18 Å². The van der Waals surface area contributed by atoms with Crippen molar-refractivity contribution in [3.63, 3.8) is 0 Å². The summed E-state index contributed by atoms with van der Waals surface area (Å²) < 4.78 is 40.1. The number of hydrogen-bond acceptors (Lipinski definition) is 2. The third-order valence-electron chi connectivity index (χ3n) is 4.50. The molecule has 1 heterocycles. The Morgan fingerprint density at radius 2 is 2.04 bits per heavy atom. The number of hydrogen-bond donors (Lipinski definition) is 1. The Morgan fingerprint density at radius 1 is 1.33 bits per heavy atom. The quantitative estimate of drug-likeness (QED) is 0.903. The molecule has 0 spiro atoms. The van der Waals surface area contributed by atoms with Crippen molar-refractivity contribution < 1.29 is 18.0 Å². The van der Waals surface area contributed by atoms with Crippen molar-refractivity contribution in [2.24, 2.45) is 7.05 Å². The number of benzene rings is 1. The molecule has 0 radical (unpaired) electrons. The van der Waals surface area contributed by atoms with Crippen LogP contribution in [0.15, 0.2) is 24.4 Å². The Morgan fingerprint density at radius 3 is 2.71 bits per heavy atom. The van der Waals surface area contributed by atoms with Gasteiger partial charge in [-0.05, 0) is 35.4 Å². The average Bonchev–Trinajstić information content (AvgIpc) is 3.01. The minimum absolute atomic E-state index is 0.00149. The fourth-order valence-electron chi connectivity index (χ4n) is 3.23. The number of halogens is 3. The van der Waals surface area contributed by atoms with Gasteiger partial charge in [-0.2, -0.15) is 18.3 Å². The van der Waals surface area contributed by atoms with Crippen molar-refractivity contribution in [1.82, 2.24) is 9.78 Å². The number of fused-ring (bicyclic) bond motifs is 1. The van der Waals surface area contributed by atoms with Gasteiger partial charge in [0.05, 0.1) is 5.56 Å². The molecule has 128 valence electrons. The molecule has 1 aromatic carbocycles. The molecule has 24 heavy (non-hydrogen) atoms. The van der Waals surface area contributed by atoms with Gasteiger partial charge in [0.15, 0.2) is 5.69 Å². The number of nitrogens with one attached hydrogen (secondary N) is 1. The number of carbonyl (C=O) groups excluding carboxylic acids is 1. The molecule has 0 fully saturated rings. The van der Waals surface area contributed by atoms with E-state index in [4.69, 9.17) is 0 Å². The second-order valence-corrected chi connectivity index (χ2v) is 6.73. The zero-order valence-electron chi connectivity index (χ0n) is 13.7. The van der Waals surface area contributed by atoms with E-state index < -0.39 is 23.3 Å².